The van der Waals surface area contributed by atoms with Crippen molar-refractivity contribution in [1.29, 1.82) is 0 Å². The number of halogens is 1. The van der Waals surface area contributed by atoms with Gasteiger partial charge in [-0.05, 0) is 37.8 Å². The monoisotopic (exact) mass is 297 g/mol. The fourth-order valence-corrected chi connectivity index (χ4v) is 1.95. The average molecular weight is 297 g/mol. The number of hydrogen-bond acceptors (Lipinski definition) is 4. The minimum atomic E-state index is -0.807. The highest BCUT2D eigenvalue weighted by Crippen LogP contribution is 2.26. The van der Waals surface area contributed by atoms with Crippen molar-refractivity contribution >= 4 is 5.97 Å². The molecule has 0 amide bonds. The zero-order valence-corrected chi connectivity index (χ0v) is 12.9. The summed E-state index contributed by atoms with van der Waals surface area (Å²) in [6, 6.07) is 4.63. The first kappa shape index (κ1) is 17.4. The molecule has 0 saturated heterocycles. The number of carbonyl (C=O) groups is 1. The Morgan fingerprint density at radius 1 is 1.29 bits per heavy atom. The Hall–Kier alpha value is -1.62. The van der Waals surface area contributed by atoms with Crippen molar-refractivity contribution in [2.24, 2.45) is 5.73 Å². The molecular weight excluding hydrogens is 273 g/mol. The first-order valence-corrected chi connectivity index (χ1v) is 7.39. The van der Waals surface area contributed by atoms with Crippen LogP contribution in [0, 0.1) is 5.82 Å². The number of esters is 1. The summed E-state index contributed by atoms with van der Waals surface area (Å²) in [4.78, 5) is 11.8. The summed E-state index contributed by atoms with van der Waals surface area (Å²) in [6.07, 6.45) is 0.888. The summed E-state index contributed by atoms with van der Waals surface area (Å²) in [6.45, 7) is 5.75. The van der Waals surface area contributed by atoms with Crippen LogP contribution in [-0.2, 0) is 16.0 Å². The van der Waals surface area contributed by atoms with Crippen LogP contribution in [0.3, 0.4) is 0 Å². The molecule has 1 aromatic carbocycles. The molecule has 118 valence electrons. The molecule has 0 bridgehead atoms. The molecule has 2 unspecified atom stereocenters. The van der Waals surface area contributed by atoms with Crippen molar-refractivity contribution in [3.63, 3.8) is 0 Å². The predicted molar refractivity (Wildman–Crippen MR) is 79.7 cm³/mol. The van der Waals surface area contributed by atoms with Gasteiger partial charge in [-0.25, -0.2) is 9.18 Å². The summed E-state index contributed by atoms with van der Waals surface area (Å²) >= 11 is 0. The molecule has 1 rings (SSSR count). The maximum absolute atomic E-state index is 14.0. The predicted octanol–water partition coefficient (Wildman–Crippen LogP) is 2.83. The molecule has 0 aliphatic carbocycles. The number of para-hydroxylation sites is 1. The van der Waals surface area contributed by atoms with E-state index >= 15 is 0 Å². The molecule has 2 atom stereocenters. The van der Waals surface area contributed by atoms with Gasteiger partial charge in [0.1, 0.15) is 0 Å². The van der Waals surface area contributed by atoms with E-state index in [0.29, 0.717) is 18.4 Å². The van der Waals surface area contributed by atoms with E-state index in [0.717, 1.165) is 6.42 Å². The average Bonchev–Trinajstić information content (AvgIpc) is 2.46. The zero-order valence-electron chi connectivity index (χ0n) is 12.9. The Labute approximate surface area is 125 Å². The second-order valence-corrected chi connectivity index (χ2v) is 4.87. The number of hydrogen-bond donors (Lipinski definition) is 1. The Morgan fingerprint density at radius 2 is 2.00 bits per heavy atom. The molecule has 0 aromatic heterocycles. The Morgan fingerprint density at radius 3 is 2.57 bits per heavy atom. The molecule has 21 heavy (non-hydrogen) atoms. The Kier molecular flexibility index (Phi) is 7.15. The first-order chi connectivity index (χ1) is 10.0. The SMILES string of the molecule is CCOC(=O)C(CC)Oc1c(F)cccc1CC(N)CC. The molecule has 0 saturated carbocycles. The van der Waals surface area contributed by atoms with Gasteiger partial charge in [-0.2, -0.15) is 0 Å². The minimum absolute atomic E-state index is 0.0724. The number of benzene rings is 1. The van der Waals surface area contributed by atoms with E-state index in [2.05, 4.69) is 0 Å². The molecular formula is C16H24FNO3. The lowest BCUT2D eigenvalue weighted by Gasteiger charge is -2.20. The second kappa shape index (κ2) is 8.62. The fourth-order valence-electron chi connectivity index (χ4n) is 1.95. The van der Waals surface area contributed by atoms with Crippen LogP contribution in [0.5, 0.6) is 5.75 Å². The zero-order chi connectivity index (χ0) is 15.8. The van der Waals surface area contributed by atoms with Gasteiger partial charge < -0.3 is 15.2 Å². The molecule has 1 aromatic rings. The van der Waals surface area contributed by atoms with Crippen LogP contribution in [-0.4, -0.2) is 24.7 Å². The van der Waals surface area contributed by atoms with Gasteiger partial charge in [-0.3, -0.25) is 0 Å². The number of rotatable bonds is 8. The van der Waals surface area contributed by atoms with Gasteiger partial charge >= 0.3 is 5.97 Å². The van der Waals surface area contributed by atoms with Gasteiger partial charge in [0.05, 0.1) is 6.61 Å². The first-order valence-electron chi connectivity index (χ1n) is 7.39. The topological polar surface area (TPSA) is 61.5 Å². The second-order valence-electron chi connectivity index (χ2n) is 4.87. The summed E-state index contributed by atoms with van der Waals surface area (Å²) < 4.78 is 24.6. The molecule has 2 N–H and O–H groups in total. The third-order valence-electron chi connectivity index (χ3n) is 3.24. The van der Waals surface area contributed by atoms with Gasteiger partial charge in [0, 0.05) is 6.04 Å². The van der Waals surface area contributed by atoms with E-state index in [4.69, 9.17) is 15.2 Å². The lowest BCUT2D eigenvalue weighted by atomic mass is 10.0. The van der Waals surface area contributed by atoms with Crippen LogP contribution in [0.25, 0.3) is 0 Å². The third-order valence-corrected chi connectivity index (χ3v) is 3.24. The molecule has 4 nitrogen and oxygen atoms in total. The van der Waals surface area contributed by atoms with E-state index in [1.165, 1.54) is 6.07 Å². The molecule has 0 radical (unpaired) electrons. The van der Waals surface area contributed by atoms with Crippen LogP contribution in [0.2, 0.25) is 0 Å². The maximum atomic E-state index is 14.0. The van der Waals surface area contributed by atoms with Gasteiger partial charge in [0.15, 0.2) is 17.7 Å². The van der Waals surface area contributed by atoms with Crippen molar-refractivity contribution in [1.82, 2.24) is 0 Å². The van der Waals surface area contributed by atoms with Crippen LogP contribution in [0.15, 0.2) is 18.2 Å². The third kappa shape index (κ3) is 5.01. The Balaban J connectivity index is 2.96. The summed E-state index contributed by atoms with van der Waals surface area (Å²) in [5, 5.41) is 0. The summed E-state index contributed by atoms with van der Waals surface area (Å²) in [7, 11) is 0. The van der Waals surface area contributed by atoms with Gasteiger partial charge in [0.25, 0.3) is 0 Å². The fraction of sp³-hybridized carbons (Fsp3) is 0.562. The highest BCUT2D eigenvalue weighted by Gasteiger charge is 2.23. The molecule has 0 heterocycles. The molecule has 0 aliphatic rings. The largest absolute Gasteiger partial charge is 0.475 e. The quantitative estimate of drug-likeness (QED) is 0.750. The van der Waals surface area contributed by atoms with E-state index in [1.807, 2.05) is 6.92 Å². The van der Waals surface area contributed by atoms with Gasteiger partial charge in [0.2, 0.25) is 0 Å². The number of ether oxygens (including phenoxy) is 2. The normalized spacial score (nSPS) is 13.6. The van der Waals surface area contributed by atoms with Gasteiger partial charge in [-0.1, -0.05) is 26.0 Å². The van der Waals surface area contributed by atoms with Gasteiger partial charge in [-0.15, -0.1) is 0 Å². The van der Waals surface area contributed by atoms with E-state index in [-0.39, 0.29) is 18.4 Å². The van der Waals surface area contributed by atoms with Crippen LogP contribution < -0.4 is 10.5 Å². The van der Waals surface area contributed by atoms with Crippen LogP contribution in [0.1, 0.15) is 39.2 Å². The molecule has 0 spiro atoms. The highest BCUT2D eigenvalue weighted by molar-refractivity contribution is 5.75. The molecule has 5 heteroatoms. The van der Waals surface area contributed by atoms with Crippen molar-refractivity contribution < 1.29 is 18.7 Å². The van der Waals surface area contributed by atoms with Crippen molar-refractivity contribution in [2.75, 3.05) is 6.61 Å². The lowest BCUT2D eigenvalue weighted by Crippen LogP contribution is -2.30. The highest BCUT2D eigenvalue weighted by atomic mass is 19.1. The van der Waals surface area contributed by atoms with Crippen LogP contribution in [0.4, 0.5) is 4.39 Å². The van der Waals surface area contributed by atoms with Crippen molar-refractivity contribution in [3.8, 4) is 5.75 Å². The van der Waals surface area contributed by atoms with E-state index < -0.39 is 17.9 Å². The summed E-state index contributed by atoms with van der Waals surface area (Å²) in [5.41, 5.74) is 6.60. The minimum Gasteiger partial charge on any atom is -0.475 e. The van der Waals surface area contributed by atoms with E-state index in [1.54, 1.807) is 26.0 Å². The standard InChI is InChI=1S/C16H24FNO3/c1-4-12(18)10-11-8-7-9-13(17)15(11)21-14(5-2)16(19)20-6-3/h7-9,12,14H,4-6,10,18H2,1-3H3. The number of carbonyl (C=O) groups excluding carboxylic acids is 1. The van der Waals surface area contributed by atoms with Crippen molar-refractivity contribution in [2.45, 2.75) is 52.2 Å². The van der Waals surface area contributed by atoms with E-state index in [9.17, 15) is 9.18 Å². The molecule has 0 fully saturated rings. The Bertz CT molecular complexity index is 465. The maximum Gasteiger partial charge on any atom is 0.347 e. The summed E-state index contributed by atoms with van der Waals surface area (Å²) in [5.74, 6) is -0.867. The smallest absolute Gasteiger partial charge is 0.347 e. The van der Waals surface area contributed by atoms with Crippen molar-refractivity contribution in [3.05, 3.63) is 29.6 Å². The van der Waals surface area contributed by atoms with Crippen LogP contribution >= 0.6 is 0 Å². The lowest BCUT2D eigenvalue weighted by molar-refractivity contribution is -0.151. The molecule has 0 aliphatic heterocycles. The number of nitrogens with two attached hydrogens (primary N) is 1.